The number of carbonyl (C=O) groups is 1. The molecule has 0 spiro atoms. The highest BCUT2D eigenvalue weighted by atomic mass is 19.1. The number of hydrogen-bond donors (Lipinski definition) is 1. The molecule has 0 saturated heterocycles. The molecule has 22 heavy (non-hydrogen) atoms. The Morgan fingerprint density at radius 1 is 1.14 bits per heavy atom. The molecular formula is C18H17FN2O. The van der Waals surface area contributed by atoms with E-state index in [1.165, 1.54) is 12.1 Å². The maximum atomic E-state index is 12.8. The molecule has 0 saturated carbocycles. The Bertz CT molecular complexity index is 806. The quantitative estimate of drug-likeness (QED) is 0.786. The fraction of sp³-hybridized carbons (Fsp3) is 0.167. The number of nitrogens with zero attached hydrogens (tertiary/aromatic N) is 1. The second-order valence-corrected chi connectivity index (χ2v) is 5.33. The molecule has 0 fully saturated rings. The molecule has 4 heteroatoms. The van der Waals surface area contributed by atoms with Gasteiger partial charge < -0.3 is 9.88 Å². The van der Waals surface area contributed by atoms with E-state index in [1.54, 1.807) is 12.1 Å². The second-order valence-electron chi connectivity index (χ2n) is 5.33. The highest BCUT2D eigenvalue weighted by molar-refractivity contribution is 5.84. The van der Waals surface area contributed by atoms with Crippen molar-refractivity contribution in [1.29, 1.82) is 0 Å². The summed E-state index contributed by atoms with van der Waals surface area (Å²) >= 11 is 0. The molecule has 3 rings (SSSR count). The lowest BCUT2D eigenvalue weighted by Gasteiger charge is -2.09. The highest BCUT2D eigenvalue weighted by Gasteiger charge is 2.09. The topological polar surface area (TPSA) is 34.0 Å². The van der Waals surface area contributed by atoms with Gasteiger partial charge in [0, 0.05) is 17.8 Å². The number of nitrogens with one attached hydrogen (secondary N) is 1. The highest BCUT2D eigenvalue weighted by Crippen LogP contribution is 2.18. The summed E-state index contributed by atoms with van der Waals surface area (Å²) in [5, 5.41) is 4.00. The van der Waals surface area contributed by atoms with E-state index in [2.05, 4.69) is 11.4 Å². The van der Waals surface area contributed by atoms with Crippen molar-refractivity contribution in [3.8, 4) is 0 Å². The van der Waals surface area contributed by atoms with Gasteiger partial charge in [0.2, 0.25) is 5.91 Å². The Hall–Kier alpha value is -2.62. The first kappa shape index (κ1) is 14.3. The first-order valence-electron chi connectivity index (χ1n) is 7.19. The van der Waals surface area contributed by atoms with Crippen molar-refractivity contribution in [2.24, 2.45) is 0 Å². The van der Waals surface area contributed by atoms with Crippen molar-refractivity contribution in [2.45, 2.75) is 20.0 Å². The van der Waals surface area contributed by atoms with Crippen LogP contribution in [0.2, 0.25) is 0 Å². The number of benzene rings is 2. The van der Waals surface area contributed by atoms with E-state index in [4.69, 9.17) is 0 Å². The van der Waals surface area contributed by atoms with Crippen LogP contribution in [0.25, 0.3) is 10.9 Å². The average Bonchev–Trinajstić information content (AvgIpc) is 2.83. The van der Waals surface area contributed by atoms with E-state index in [0.717, 1.165) is 22.2 Å². The maximum Gasteiger partial charge on any atom is 0.240 e. The Morgan fingerprint density at radius 3 is 2.64 bits per heavy atom. The summed E-state index contributed by atoms with van der Waals surface area (Å²) in [5.41, 5.74) is 2.99. The van der Waals surface area contributed by atoms with Gasteiger partial charge in [-0.2, -0.15) is 0 Å². The Kier molecular flexibility index (Phi) is 3.92. The number of fused-ring (bicyclic) bond motifs is 1. The minimum absolute atomic E-state index is 0.0613. The number of aromatic nitrogens is 1. The Morgan fingerprint density at radius 2 is 1.86 bits per heavy atom. The number of hydrogen-bond acceptors (Lipinski definition) is 1. The molecule has 0 bridgehead atoms. The third-order valence-electron chi connectivity index (χ3n) is 3.72. The number of amides is 1. The standard InChI is InChI=1S/C18H17FN2O/c1-13-10-15-4-2-3-5-17(15)21(13)12-18(22)20-11-14-6-8-16(19)9-7-14/h2-10H,11-12H2,1H3,(H,20,22). The molecule has 1 heterocycles. The molecule has 3 nitrogen and oxygen atoms in total. The number of rotatable bonds is 4. The number of halogens is 1. The van der Waals surface area contributed by atoms with Gasteiger partial charge in [-0.1, -0.05) is 30.3 Å². The van der Waals surface area contributed by atoms with E-state index < -0.39 is 0 Å². The van der Waals surface area contributed by atoms with Gasteiger partial charge in [0.1, 0.15) is 12.4 Å². The fourth-order valence-corrected chi connectivity index (χ4v) is 2.56. The molecule has 1 N–H and O–H groups in total. The van der Waals surface area contributed by atoms with Crippen LogP contribution in [0.1, 0.15) is 11.3 Å². The summed E-state index contributed by atoms with van der Waals surface area (Å²) in [7, 11) is 0. The zero-order chi connectivity index (χ0) is 15.5. The summed E-state index contributed by atoms with van der Waals surface area (Å²) in [6, 6.07) is 16.2. The lowest BCUT2D eigenvalue weighted by Crippen LogP contribution is -2.27. The predicted molar refractivity (Wildman–Crippen MR) is 84.9 cm³/mol. The van der Waals surface area contributed by atoms with Gasteiger partial charge >= 0.3 is 0 Å². The van der Waals surface area contributed by atoms with Crippen molar-refractivity contribution >= 4 is 16.8 Å². The molecular weight excluding hydrogens is 279 g/mol. The first-order valence-corrected chi connectivity index (χ1v) is 7.19. The van der Waals surface area contributed by atoms with Crippen LogP contribution >= 0.6 is 0 Å². The first-order chi connectivity index (χ1) is 10.6. The van der Waals surface area contributed by atoms with Gasteiger partial charge in [0.15, 0.2) is 0 Å². The molecule has 1 aromatic heterocycles. The van der Waals surface area contributed by atoms with Crippen LogP contribution in [0.15, 0.2) is 54.6 Å². The Balaban J connectivity index is 1.68. The third kappa shape index (κ3) is 3.01. The van der Waals surface area contributed by atoms with Gasteiger partial charge in [-0.25, -0.2) is 4.39 Å². The van der Waals surface area contributed by atoms with Crippen LogP contribution < -0.4 is 5.32 Å². The molecule has 0 radical (unpaired) electrons. The summed E-state index contributed by atoms with van der Waals surface area (Å²) < 4.78 is 14.8. The minimum Gasteiger partial charge on any atom is -0.350 e. The summed E-state index contributed by atoms with van der Waals surface area (Å²) in [6.07, 6.45) is 0. The van der Waals surface area contributed by atoms with Crippen molar-refractivity contribution in [1.82, 2.24) is 9.88 Å². The van der Waals surface area contributed by atoms with Crippen LogP contribution in [-0.2, 0) is 17.9 Å². The van der Waals surface area contributed by atoms with Gasteiger partial charge in [0.05, 0.1) is 0 Å². The molecule has 1 amide bonds. The van der Waals surface area contributed by atoms with Crippen LogP contribution in [0.4, 0.5) is 4.39 Å². The summed E-state index contributed by atoms with van der Waals surface area (Å²) in [6.45, 7) is 2.67. The van der Waals surface area contributed by atoms with E-state index in [9.17, 15) is 9.18 Å². The predicted octanol–water partition coefficient (Wildman–Crippen LogP) is 3.41. The van der Waals surface area contributed by atoms with E-state index in [-0.39, 0.29) is 18.3 Å². The fourth-order valence-electron chi connectivity index (χ4n) is 2.56. The van der Waals surface area contributed by atoms with Crippen LogP contribution in [0.5, 0.6) is 0 Å². The van der Waals surface area contributed by atoms with E-state index in [1.807, 2.05) is 35.8 Å². The Labute approximate surface area is 128 Å². The van der Waals surface area contributed by atoms with Crippen LogP contribution in [0, 0.1) is 12.7 Å². The lowest BCUT2D eigenvalue weighted by molar-refractivity contribution is -0.121. The smallest absolute Gasteiger partial charge is 0.240 e. The zero-order valence-electron chi connectivity index (χ0n) is 12.3. The maximum absolute atomic E-state index is 12.8. The SMILES string of the molecule is Cc1cc2ccccc2n1CC(=O)NCc1ccc(F)cc1. The molecule has 0 atom stereocenters. The molecule has 0 aliphatic carbocycles. The minimum atomic E-state index is -0.274. The van der Waals surface area contributed by atoms with Crippen molar-refractivity contribution in [3.63, 3.8) is 0 Å². The molecule has 0 aliphatic heterocycles. The van der Waals surface area contributed by atoms with Gasteiger partial charge in [-0.3, -0.25) is 4.79 Å². The third-order valence-corrected chi connectivity index (χ3v) is 3.72. The summed E-state index contributed by atoms with van der Waals surface area (Å²) in [4.78, 5) is 12.1. The zero-order valence-corrected chi connectivity index (χ0v) is 12.3. The van der Waals surface area contributed by atoms with E-state index >= 15 is 0 Å². The molecule has 112 valence electrons. The van der Waals surface area contributed by atoms with Crippen molar-refractivity contribution in [3.05, 3.63) is 71.7 Å². The summed E-state index contributed by atoms with van der Waals surface area (Å²) in [5.74, 6) is -0.335. The molecule has 2 aromatic carbocycles. The largest absolute Gasteiger partial charge is 0.350 e. The van der Waals surface area contributed by atoms with Crippen molar-refractivity contribution in [2.75, 3.05) is 0 Å². The number of carbonyl (C=O) groups excluding carboxylic acids is 1. The number of para-hydroxylation sites is 1. The normalized spacial score (nSPS) is 10.8. The lowest BCUT2D eigenvalue weighted by atomic mass is 10.2. The van der Waals surface area contributed by atoms with Crippen LogP contribution in [0.3, 0.4) is 0 Å². The monoisotopic (exact) mass is 296 g/mol. The van der Waals surface area contributed by atoms with E-state index in [0.29, 0.717) is 6.54 Å². The van der Waals surface area contributed by atoms with Gasteiger partial charge in [-0.05, 0) is 42.1 Å². The molecule has 0 aliphatic rings. The number of aryl methyl sites for hydroxylation is 1. The molecule has 0 unspecified atom stereocenters. The van der Waals surface area contributed by atoms with Crippen molar-refractivity contribution < 1.29 is 9.18 Å². The van der Waals surface area contributed by atoms with Gasteiger partial charge in [0.25, 0.3) is 0 Å². The second kappa shape index (κ2) is 6.02. The average molecular weight is 296 g/mol. The molecule has 3 aromatic rings. The van der Waals surface area contributed by atoms with Gasteiger partial charge in [-0.15, -0.1) is 0 Å². The van der Waals surface area contributed by atoms with Crippen LogP contribution in [-0.4, -0.2) is 10.5 Å².